The fourth-order valence-corrected chi connectivity index (χ4v) is 2.87. The second-order valence-corrected chi connectivity index (χ2v) is 6.02. The van der Waals surface area contributed by atoms with Crippen molar-refractivity contribution in [3.63, 3.8) is 0 Å². The molecule has 0 radical (unpaired) electrons. The summed E-state index contributed by atoms with van der Waals surface area (Å²) in [5, 5.41) is 0. The van der Waals surface area contributed by atoms with E-state index in [0.717, 1.165) is 16.7 Å². The second-order valence-electron chi connectivity index (χ2n) is 6.02. The number of carbonyl (C=O) groups excluding carboxylic acids is 2. The fraction of sp³-hybridized carbons (Fsp3) is 0.190. The molecule has 3 rings (SSSR count). The molecule has 0 saturated heterocycles. The van der Waals surface area contributed by atoms with Crippen molar-refractivity contribution >= 4 is 23.9 Å². The number of cyclic esters (lactones) is 1. The van der Waals surface area contributed by atoms with E-state index < -0.39 is 17.7 Å². The summed E-state index contributed by atoms with van der Waals surface area (Å²) >= 11 is 0. The first-order valence-electron chi connectivity index (χ1n) is 8.28. The molecule has 0 spiro atoms. The van der Waals surface area contributed by atoms with E-state index in [2.05, 4.69) is 4.99 Å². The van der Waals surface area contributed by atoms with Gasteiger partial charge in [0.15, 0.2) is 0 Å². The molecule has 0 N–H and O–H groups in total. The van der Waals surface area contributed by atoms with Crippen molar-refractivity contribution in [2.75, 3.05) is 0 Å². The molecule has 0 amide bonds. The number of hydrogen-bond acceptors (Lipinski definition) is 5. The highest BCUT2D eigenvalue weighted by Gasteiger charge is 2.45. The molecule has 1 atom stereocenters. The third kappa shape index (κ3) is 3.28. The number of nitrogens with zero attached hydrogens (tertiary/aromatic N) is 1. The minimum atomic E-state index is -1.66. The van der Waals surface area contributed by atoms with E-state index in [9.17, 15) is 9.59 Å². The Kier molecular flexibility index (Phi) is 4.71. The molecule has 26 heavy (non-hydrogen) atoms. The number of aliphatic imine (C=N–C) groups is 1. The average molecular weight is 349 g/mol. The lowest BCUT2D eigenvalue weighted by Crippen LogP contribution is -2.35. The maximum atomic E-state index is 12.2. The van der Waals surface area contributed by atoms with E-state index in [-0.39, 0.29) is 5.90 Å². The van der Waals surface area contributed by atoms with Gasteiger partial charge in [0.05, 0.1) is 0 Å². The molecule has 1 unspecified atom stereocenters. The van der Waals surface area contributed by atoms with Gasteiger partial charge in [0.1, 0.15) is 0 Å². The molecule has 2 aromatic carbocycles. The Labute approximate surface area is 152 Å². The van der Waals surface area contributed by atoms with Gasteiger partial charge in [-0.15, -0.1) is 0 Å². The number of carbonyl (C=O) groups is 2. The second kappa shape index (κ2) is 6.96. The molecule has 0 fully saturated rings. The van der Waals surface area contributed by atoms with Crippen LogP contribution >= 0.6 is 0 Å². The topological polar surface area (TPSA) is 65.0 Å². The highest BCUT2D eigenvalue weighted by molar-refractivity contribution is 6.10. The molecular weight excluding hydrogens is 330 g/mol. The Morgan fingerprint density at radius 1 is 1.12 bits per heavy atom. The van der Waals surface area contributed by atoms with E-state index in [0.29, 0.717) is 5.56 Å². The van der Waals surface area contributed by atoms with E-state index in [1.165, 1.54) is 13.8 Å². The first-order chi connectivity index (χ1) is 12.4. The lowest BCUT2D eigenvalue weighted by atomic mass is 9.95. The molecule has 1 heterocycles. The van der Waals surface area contributed by atoms with Crippen molar-refractivity contribution in [1.29, 1.82) is 0 Å². The van der Waals surface area contributed by atoms with Gasteiger partial charge in [-0.1, -0.05) is 54.6 Å². The fourth-order valence-electron chi connectivity index (χ4n) is 2.87. The highest BCUT2D eigenvalue weighted by atomic mass is 16.6. The van der Waals surface area contributed by atoms with Crippen LogP contribution in [-0.2, 0) is 19.1 Å². The van der Waals surface area contributed by atoms with Crippen molar-refractivity contribution in [2.45, 2.75) is 26.5 Å². The smallest absolute Gasteiger partial charge is 0.381 e. The van der Waals surface area contributed by atoms with Crippen LogP contribution in [0.3, 0.4) is 0 Å². The SMILES string of the molecule is CC=Cc1c(C2=NC(C)(OC(C)=O)C(=O)O2)cccc1-c1ccccc1. The van der Waals surface area contributed by atoms with Gasteiger partial charge in [0.25, 0.3) is 0 Å². The van der Waals surface area contributed by atoms with Crippen LogP contribution in [0.5, 0.6) is 0 Å². The largest absolute Gasteiger partial charge is 0.426 e. The van der Waals surface area contributed by atoms with E-state index in [1.54, 1.807) is 0 Å². The van der Waals surface area contributed by atoms with Crippen molar-refractivity contribution in [2.24, 2.45) is 4.99 Å². The van der Waals surface area contributed by atoms with Gasteiger partial charge in [0, 0.05) is 19.4 Å². The summed E-state index contributed by atoms with van der Waals surface area (Å²) in [6.07, 6.45) is 3.85. The summed E-state index contributed by atoms with van der Waals surface area (Å²) in [6.45, 7) is 4.56. The first-order valence-corrected chi connectivity index (χ1v) is 8.28. The van der Waals surface area contributed by atoms with E-state index in [1.807, 2.05) is 67.6 Å². The summed E-state index contributed by atoms with van der Waals surface area (Å²) in [4.78, 5) is 27.8. The zero-order valence-corrected chi connectivity index (χ0v) is 14.9. The molecule has 1 aliphatic heterocycles. The normalized spacial score (nSPS) is 19.3. The maximum absolute atomic E-state index is 12.2. The quantitative estimate of drug-likeness (QED) is 0.784. The minimum Gasteiger partial charge on any atom is -0.426 e. The Morgan fingerprint density at radius 2 is 1.81 bits per heavy atom. The van der Waals surface area contributed by atoms with Crippen molar-refractivity contribution in [1.82, 2.24) is 0 Å². The summed E-state index contributed by atoms with van der Waals surface area (Å²) < 4.78 is 10.4. The van der Waals surface area contributed by atoms with Gasteiger partial charge in [-0.2, -0.15) is 4.99 Å². The van der Waals surface area contributed by atoms with Crippen LogP contribution in [0, 0.1) is 0 Å². The average Bonchev–Trinajstić information content (AvgIpc) is 2.90. The Bertz CT molecular complexity index is 915. The van der Waals surface area contributed by atoms with Gasteiger partial charge in [-0.3, -0.25) is 4.79 Å². The summed E-state index contributed by atoms with van der Waals surface area (Å²) in [7, 11) is 0. The molecule has 0 saturated carbocycles. The third-order valence-electron chi connectivity index (χ3n) is 3.98. The van der Waals surface area contributed by atoms with Gasteiger partial charge < -0.3 is 9.47 Å². The monoisotopic (exact) mass is 349 g/mol. The number of benzene rings is 2. The summed E-state index contributed by atoms with van der Waals surface area (Å²) in [5.74, 6) is -1.16. The van der Waals surface area contributed by atoms with Gasteiger partial charge >= 0.3 is 17.7 Å². The van der Waals surface area contributed by atoms with E-state index in [4.69, 9.17) is 9.47 Å². The van der Waals surface area contributed by atoms with Crippen LogP contribution in [-0.4, -0.2) is 23.6 Å². The van der Waals surface area contributed by atoms with Crippen molar-refractivity contribution < 1.29 is 19.1 Å². The number of esters is 2. The van der Waals surface area contributed by atoms with Crippen LogP contribution < -0.4 is 0 Å². The van der Waals surface area contributed by atoms with Crippen molar-refractivity contribution in [3.8, 4) is 11.1 Å². The lowest BCUT2D eigenvalue weighted by molar-refractivity contribution is -0.169. The summed E-state index contributed by atoms with van der Waals surface area (Å²) in [5.41, 5.74) is 1.90. The van der Waals surface area contributed by atoms with Crippen LogP contribution in [0.1, 0.15) is 31.9 Å². The van der Waals surface area contributed by atoms with Gasteiger partial charge in [-0.05, 0) is 29.7 Å². The Hall–Kier alpha value is -3.21. The zero-order valence-electron chi connectivity index (χ0n) is 14.9. The van der Waals surface area contributed by atoms with Crippen molar-refractivity contribution in [3.05, 3.63) is 65.7 Å². The number of ether oxygens (including phenoxy) is 2. The number of rotatable bonds is 4. The van der Waals surface area contributed by atoms with Crippen LogP contribution in [0.15, 0.2) is 59.6 Å². The molecule has 5 nitrogen and oxygen atoms in total. The highest BCUT2D eigenvalue weighted by Crippen LogP contribution is 2.31. The number of allylic oxidation sites excluding steroid dienone is 1. The van der Waals surface area contributed by atoms with Crippen LogP contribution in [0.25, 0.3) is 17.2 Å². The van der Waals surface area contributed by atoms with Crippen LogP contribution in [0.2, 0.25) is 0 Å². The predicted molar refractivity (Wildman–Crippen MR) is 99.4 cm³/mol. The molecule has 0 bridgehead atoms. The zero-order chi connectivity index (χ0) is 18.7. The minimum absolute atomic E-state index is 0.143. The molecule has 1 aliphatic rings. The number of hydrogen-bond donors (Lipinski definition) is 0. The van der Waals surface area contributed by atoms with E-state index >= 15 is 0 Å². The Morgan fingerprint density at radius 3 is 2.46 bits per heavy atom. The van der Waals surface area contributed by atoms with Gasteiger partial charge in [0.2, 0.25) is 5.90 Å². The molecule has 2 aromatic rings. The predicted octanol–water partition coefficient (Wildman–Crippen LogP) is 3.97. The summed E-state index contributed by atoms with van der Waals surface area (Å²) in [6, 6.07) is 15.6. The lowest BCUT2D eigenvalue weighted by Gasteiger charge is -2.14. The molecular formula is C21H19NO4. The molecule has 132 valence electrons. The third-order valence-corrected chi connectivity index (χ3v) is 3.98. The van der Waals surface area contributed by atoms with Gasteiger partial charge in [-0.25, -0.2) is 4.79 Å². The first kappa shape index (κ1) is 17.6. The Balaban J connectivity index is 2.13. The standard InChI is InChI=1S/C21H19NO4/c1-4-9-17-16(15-10-6-5-7-11-15)12-8-13-18(17)19-22-21(3,20(24)25-19)26-14(2)23/h4-13H,1-3H3. The molecule has 5 heteroatoms. The maximum Gasteiger partial charge on any atom is 0.381 e. The molecule has 0 aliphatic carbocycles. The molecule has 0 aromatic heterocycles. The van der Waals surface area contributed by atoms with Crippen LogP contribution in [0.4, 0.5) is 0 Å².